The summed E-state index contributed by atoms with van der Waals surface area (Å²) in [6, 6.07) is 0.493. The third-order valence-corrected chi connectivity index (χ3v) is 1.44. The topological polar surface area (TPSA) is 56.3 Å². The zero-order chi connectivity index (χ0) is 7.11. The Labute approximate surface area is 66.7 Å². The number of likely N-dealkylation sites (N-methyl/N-ethyl adjacent to an activating group) is 1. The fraction of sp³-hybridized carbons (Fsp3) is 1.00. The molecular formula is C6H17N2OSi. The van der Waals surface area contributed by atoms with Crippen molar-refractivity contribution in [3.05, 3.63) is 0 Å². The van der Waals surface area contributed by atoms with Crippen molar-refractivity contribution in [3.63, 3.8) is 0 Å². The van der Waals surface area contributed by atoms with Gasteiger partial charge in [0.25, 0.3) is 0 Å². The van der Waals surface area contributed by atoms with Gasteiger partial charge >= 0.3 is 0 Å². The van der Waals surface area contributed by atoms with E-state index in [9.17, 15) is 0 Å². The molecule has 3 nitrogen and oxygen atoms in total. The molecule has 0 aliphatic heterocycles. The van der Waals surface area contributed by atoms with E-state index in [1.165, 1.54) is 0 Å². The molecule has 3 radical (unpaired) electrons. The summed E-state index contributed by atoms with van der Waals surface area (Å²) in [5.41, 5.74) is 0. The van der Waals surface area contributed by atoms with Crippen LogP contribution in [0.25, 0.3) is 0 Å². The molecule has 0 aromatic carbocycles. The zero-order valence-corrected chi connectivity index (χ0v) is 7.81. The van der Waals surface area contributed by atoms with Gasteiger partial charge in [0.2, 0.25) is 10.5 Å². The van der Waals surface area contributed by atoms with Crippen molar-refractivity contribution in [2.75, 3.05) is 13.2 Å². The molecule has 0 saturated heterocycles. The Morgan fingerprint density at radius 2 is 2.10 bits per heavy atom. The molecule has 0 aromatic rings. The highest BCUT2D eigenvalue weighted by atomic mass is 28.2. The Hall–Kier alpha value is 0.0969. The van der Waals surface area contributed by atoms with Gasteiger partial charge in [-0.2, -0.15) is 0 Å². The summed E-state index contributed by atoms with van der Waals surface area (Å²) in [5, 5.41) is 3.28. The normalized spacial score (nSPS) is 12.3. The molecule has 0 spiro atoms. The van der Waals surface area contributed by atoms with Crippen molar-refractivity contribution in [2.24, 2.45) is 0 Å². The van der Waals surface area contributed by atoms with Crippen LogP contribution in [0.3, 0.4) is 0 Å². The van der Waals surface area contributed by atoms with Crippen LogP contribution in [0.5, 0.6) is 0 Å². The van der Waals surface area contributed by atoms with E-state index in [-0.39, 0.29) is 6.15 Å². The molecule has 0 fully saturated rings. The highest BCUT2D eigenvalue weighted by Crippen LogP contribution is 1.88. The minimum absolute atomic E-state index is 0. The lowest BCUT2D eigenvalue weighted by atomic mass is 10.2. The third kappa shape index (κ3) is 6.22. The lowest BCUT2D eigenvalue weighted by Gasteiger charge is -2.13. The van der Waals surface area contributed by atoms with Crippen molar-refractivity contribution >= 4 is 10.5 Å². The molecule has 61 valence electrons. The van der Waals surface area contributed by atoms with Crippen LogP contribution in [0.15, 0.2) is 0 Å². The van der Waals surface area contributed by atoms with Crippen LogP contribution < -0.4 is 11.5 Å². The van der Waals surface area contributed by atoms with Crippen molar-refractivity contribution < 1.29 is 4.43 Å². The molecule has 0 aliphatic rings. The lowest BCUT2D eigenvalue weighted by Crippen LogP contribution is -2.32. The van der Waals surface area contributed by atoms with Crippen molar-refractivity contribution in [3.8, 4) is 0 Å². The van der Waals surface area contributed by atoms with E-state index in [1.54, 1.807) is 0 Å². The maximum Gasteiger partial charge on any atom is 0.246 e. The summed E-state index contributed by atoms with van der Waals surface area (Å²) in [7, 11) is 2.96. The van der Waals surface area contributed by atoms with E-state index in [0.29, 0.717) is 6.04 Å². The van der Waals surface area contributed by atoms with Gasteiger partial charge in [0.05, 0.1) is 0 Å². The van der Waals surface area contributed by atoms with Crippen LogP contribution in [0, 0.1) is 0 Å². The second-order valence-corrected chi connectivity index (χ2v) is 2.26. The highest BCUT2D eigenvalue weighted by molar-refractivity contribution is 5.97. The second kappa shape index (κ2) is 9.10. The van der Waals surface area contributed by atoms with Gasteiger partial charge in [0, 0.05) is 12.6 Å². The molecule has 0 rings (SSSR count). The molecule has 0 aliphatic carbocycles. The van der Waals surface area contributed by atoms with Crippen molar-refractivity contribution in [1.29, 1.82) is 0 Å². The van der Waals surface area contributed by atoms with E-state index >= 15 is 0 Å². The Balaban J connectivity index is 0. The Bertz CT molecular complexity index is 57.7. The molecule has 1 atom stereocenters. The Morgan fingerprint density at radius 1 is 1.50 bits per heavy atom. The Morgan fingerprint density at radius 3 is 2.40 bits per heavy atom. The molecule has 4 heteroatoms. The number of hydrogen-bond donors (Lipinski definition) is 2. The van der Waals surface area contributed by atoms with Crippen LogP contribution in [-0.2, 0) is 4.43 Å². The molecule has 0 saturated carbocycles. The van der Waals surface area contributed by atoms with Crippen LogP contribution in [0.1, 0.15) is 20.3 Å². The van der Waals surface area contributed by atoms with Gasteiger partial charge in [0.15, 0.2) is 0 Å². The zero-order valence-electron chi connectivity index (χ0n) is 6.81. The van der Waals surface area contributed by atoms with Crippen LogP contribution in [0.2, 0.25) is 0 Å². The number of rotatable bonds is 5. The predicted molar refractivity (Wildman–Crippen MR) is 44.5 cm³/mol. The summed E-state index contributed by atoms with van der Waals surface area (Å²) in [6.45, 7) is 5.98. The summed E-state index contributed by atoms with van der Waals surface area (Å²) in [6.07, 6.45) is 1.11. The van der Waals surface area contributed by atoms with Gasteiger partial charge in [-0.15, -0.1) is 0 Å². The first-order valence-electron chi connectivity index (χ1n) is 3.37. The molecule has 1 unspecified atom stereocenters. The monoisotopic (exact) mass is 161 g/mol. The second-order valence-electron chi connectivity index (χ2n) is 1.97. The SMILES string of the molecule is CCNC(CC)CO[Si].N. The average molecular weight is 161 g/mol. The molecule has 0 aromatic heterocycles. The van der Waals surface area contributed by atoms with Crippen molar-refractivity contribution in [2.45, 2.75) is 26.3 Å². The van der Waals surface area contributed by atoms with E-state index in [1.807, 2.05) is 0 Å². The van der Waals surface area contributed by atoms with E-state index in [4.69, 9.17) is 4.43 Å². The van der Waals surface area contributed by atoms with Gasteiger partial charge in [-0.3, -0.25) is 0 Å². The van der Waals surface area contributed by atoms with E-state index in [0.717, 1.165) is 19.6 Å². The average Bonchev–Trinajstić information content (AvgIpc) is 1.88. The first-order chi connectivity index (χ1) is 4.35. The molecule has 10 heavy (non-hydrogen) atoms. The summed E-state index contributed by atoms with van der Waals surface area (Å²) < 4.78 is 4.79. The van der Waals surface area contributed by atoms with Gasteiger partial charge in [-0.05, 0) is 13.0 Å². The smallest absolute Gasteiger partial charge is 0.246 e. The molecule has 0 heterocycles. The number of nitrogens with one attached hydrogen (secondary N) is 1. The standard InChI is InChI=1S/C6H14NOSi.H3N/c1-3-6(5-8-9)7-4-2;/h6-7H,3-5H2,1-2H3;1H3. The molecule has 0 amide bonds. The maximum absolute atomic E-state index is 4.79. The van der Waals surface area contributed by atoms with Crippen LogP contribution >= 0.6 is 0 Å². The summed E-state index contributed by atoms with van der Waals surface area (Å²) in [5.74, 6) is 0. The minimum Gasteiger partial charge on any atom is -0.417 e. The van der Waals surface area contributed by atoms with Gasteiger partial charge in [0.1, 0.15) is 0 Å². The summed E-state index contributed by atoms with van der Waals surface area (Å²) >= 11 is 0. The van der Waals surface area contributed by atoms with Crippen LogP contribution in [0.4, 0.5) is 0 Å². The molecule has 4 N–H and O–H groups in total. The third-order valence-electron chi connectivity index (χ3n) is 1.27. The minimum atomic E-state index is 0. The first-order valence-corrected chi connectivity index (χ1v) is 3.77. The Kier molecular flexibility index (Phi) is 11.6. The fourth-order valence-corrected chi connectivity index (χ4v) is 0.912. The van der Waals surface area contributed by atoms with Gasteiger partial charge in [-0.25, -0.2) is 0 Å². The fourth-order valence-electron chi connectivity index (χ4n) is 0.710. The van der Waals surface area contributed by atoms with Gasteiger partial charge < -0.3 is 15.9 Å². The van der Waals surface area contributed by atoms with E-state index < -0.39 is 0 Å². The van der Waals surface area contributed by atoms with Crippen molar-refractivity contribution in [1.82, 2.24) is 11.5 Å². The maximum atomic E-state index is 4.79. The van der Waals surface area contributed by atoms with E-state index in [2.05, 4.69) is 29.7 Å². The lowest BCUT2D eigenvalue weighted by molar-refractivity contribution is 0.283. The quantitative estimate of drug-likeness (QED) is 0.582. The largest absolute Gasteiger partial charge is 0.417 e. The summed E-state index contributed by atoms with van der Waals surface area (Å²) in [4.78, 5) is 0. The highest BCUT2D eigenvalue weighted by Gasteiger charge is 2.00. The number of hydrogen-bond acceptors (Lipinski definition) is 3. The molecular weight excluding hydrogens is 144 g/mol. The van der Waals surface area contributed by atoms with Gasteiger partial charge in [-0.1, -0.05) is 13.8 Å². The first kappa shape index (κ1) is 12.7. The molecule has 0 bridgehead atoms. The predicted octanol–water partition coefficient (Wildman–Crippen LogP) is 0.637. The van der Waals surface area contributed by atoms with Crippen LogP contribution in [-0.4, -0.2) is 29.7 Å².